The van der Waals surface area contributed by atoms with Crippen molar-refractivity contribution in [2.24, 2.45) is 0 Å². The van der Waals surface area contributed by atoms with Gasteiger partial charge < -0.3 is 55.0 Å². The van der Waals surface area contributed by atoms with Crippen molar-refractivity contribution in [3.63, 3.8) is 0 Å². The Balaban J connectivity index is 1.69. The van der Waals surface area contributed by atoms with Crippen LogP contribution >= 0.6 is 0 Å². The van der Waals surface area contributed by atoms with Gasteiger partial charge in [0.2, 0.25) is 0 Å². The molecule has 0 radical (unpaired) electrons. The number of fused-ring (bicyclic) bond motifs is 2. The molecule has 0 unspecified atom stereocenters. The predicted molar refractivity (Wildman–Crippen MR) is 196 cm³/mol. The second-order valence-corrected chi connectivity index (χ2v) is 15.3. The van der Waals surface area contributed by atoms with Gasteiger partial charge >= 0.3 is 17.6 Å². The van der Waals surface area contributed by atoms with Gasteiger partial charge in [0.05, 0.1) is 26.4 Å². The molecule has 1 aliphatic rings. The van der Waals surface area contributed by atoms with E-state index in [1.54, 1.807) is 0 Å². The summed E-state index contributed by atoms with van der Waals surface area (Å²) in [5.74, 6) is 2.40. The zero-order chi connectivity index (χ0) is 35.9. The first-order chi connectivity index (χ1) is 24.5. The molecule has 1 heterocycles. The molecule has 0 atom stereocenters. The van der Waals surface area contributed by atoms with Gasteiger partial charge in [-0.05, 0) is 88.3 Å². The summed E-state index contributed by atoms with van der Waals surface area (Å²) in [4.78, 5) is 0. The molecule has 14 heteroatoms. The van der Waals surface area contributed by atoms with E-state index in [-0.39, 0.29) is 0 Å². The van der Waals surface area contributed by atoms with Crippen molar-refractivity contribution in [2.75, 3.05) is 92.5 Å². The minimum Gasteiger partial charge on any atom is -0.487 e. The molecule has 2 aromatic carbocycles. The summed E-state index contributed by atoms with van der Waals surface area (Å²) in [6, 6.07) is 11.5. The minimum absolute atomic E-state index is 0.315. The van der Waals surface area contributed by atoms with E-state index in [2.05, 4.69) is 0 Å². The number of ether oxygens (including phenoxy) is 6. The van der Waals surface area contributed by atoms with Crippen molar-refractivity contribution >= 4 is 29.8 Å². The Hall–Kier alpha value is -2.77. The highest BCUT2D eigenvalue weighted by molar-refractivity contribution is 6.67. The molecule has 280 valence electrons. The maximum Gasteiger partial charge on any atom is 0.529 e. The lowest BCUT2D eigenvalue weighted by molar-refractivity contribution is 0.0640. The number of hydrogen-bond donors (Lipinski definition) is 0. The minimum atomic E-state index is -2.96. The Morgan fingerprint density at radius 1 is 0.440 bits per heavy atom. The Kier molecular flexibility index (Phi) is 19.7. The SMILES string of the molecule is CCO[Si](/C=C/c1ccc2c(c1)OCCOCCOc1cc(/C=C/[Si](OCC)(OCC)OCC)ccc1OCCOCCO2)(OCC)OCC. The third-order valence-electron chi connectivity index (χ3n) is 6.91. The van der Waals surface area contributed by atoms with Crippen molar-refractivity contribution in [1.29, 1.82) is 0 Å². The number of hydrogen-bond acceptors (Lipinski definition) is 12. The van der Waals surface area contributed by atoms with Crippen molar-refractivity contribution in [1.82, 2.24) is 0 Å². The molecule has 12 nitrogen and oxygen atoms in total. The van der Waals surface area contributed by atoms with Gasteiger partial charge in [0, 0.05) is 39.6 Å². The Labute approximate surface area is 300 Å². The standard InChI is InChI=1S/C36H56O12Si2/c1-7-43-49(44-8-2,45-9-3)27-17-31-13-15-33-35(29-31)41-25-21-38-22-26-42-36-30-32(14-16-34(36)40-24-20-37-19-23-39-33)18-28-50(46-10-4,47-11-5)48-12-6/h13-18,27-30H,7-12,19-26H2,1-6H3/b27-17+,28-18+. The molecule has 0 spiro atoms. The van der Waals surface area contributed by atoms with E-state index < -0.39 is 17.6 Å². The molecule has 0 saturated heterocycles. The second kappa shape index (κ2) is 23.7. The van der Waals surface area contributed by atoms with Crippen LogP contribution < -0.4 is 18.9 Å². The lowest BCUT2D eigenvalue weighted by Gasteiger charge is -2.25. The van der Waals surface area contributed by atoms with Crippen LogP contribution in [-0.4, -0.2) is 110 Å². The molecule has 1 aliphatic heterocycles. The lowest BCUT2D eigenvalue weighted by Crippen LogP contribution is -2.44. The molecule has 2 aromatic rings. The summed E-state index contributed by atoms with van der Waals surface area (Å²) in [6.07, 6.45) is 3.88. The zero-order valence-corrected chi connectivity index (χ0v) is 32.6. The molecule has 3 rings (SSSR count). The van der Waals surface area contributed by atoms with Crippen LogP contribution in [0.5, 0.6) is 23.0 Å². The van der Waals surface area contributed by atoms with Gasteiger partial charge in [-0.2, -0.15) is 0 Å². The molecule has 0 N–H and O–H groups in total. The fraction of sp³-hybridized carbons (Fsp3) is 0.556. The van der Waals surface area contributed by atoms with Crippen molar-refractivity contribution in [3.8, 4) is 23.0 Å². The molecular weight excluding hydrogens is 681 g/mol. The normalized spacial score (nSPS) is 15.6. The monoisotopic (exact) mass is 736 g/mol. The fourth-order valence-electron chi connectivity index (χ4n) is 4.91. The maximum atomic E-state index is 6.12. The molecule has 0 amide bonds. The van der Waals surface area contributed by atoms with Gasteiger partial charge in [-0.3, -0.25) is 0 Å². The molecule has 0 saturated carbocycles. The molecular formula is C36H56O12Si2. The van der Waals surface area contributed by atoms with Gasteiger partial charge in [-0.1, -0.05) is 24.3 Å². The van der Waals surface area contributed by atoms with Gasteiger partial charge in [-0.25, -0.2) is 0 Å². The Morgan fingerprint density at radius 3 is 1.04 bits per heavy atom. The Bertz CT molecular complexity index is 1160. The second-order valence-electron chi connectivity index (χ2n) is 10.5. The van der Waals surface area contributed by atoms with Crippen LogP contribution in [-0.2, 0) is 36.0 Å². The van der Waals surface area contributed by atoms with E-state index in [1.165, 1.54) is 0 Å². The summed E-state index contributed by atoms with van der Waals surface area (Å²) in [5.41, 5.74) is 5.59. The van der Waals surface area contributed by atoms with Crippen LogP contribution in [0.15, 0.2) is 47.8 Å². The lowest BCUT2D eigenvalue weighted by atomic mass is 10.2. The highest BCUT2D eigenvalue weighted by Crippen LogP contribution is 2.31. The van der Waals surface area contributed by atoms with Crippen LogP contribution in [0.2, 0.25) is 0 Å². The average Bonchev–Trinajstić information content (AvgIpc) is 3.10. The molecule has 0 aromatic heterocycles. The number of benzene rings is 2. The van der Waals surface area contributed by atoms with Gasteiger partial charge in [0.25, 0.3) is 0 Å². The van der Waals surface area contributed by atoms with Crippen LogP contribution in [0, 0.1) is 0 Å². The summed E-state index contributed by atoms with van der Waals surface area (Å²) in [7, 11) is -5.92. The van der Waals surface area contributed by atoms with E-state index in [0.717, 1.165) is 11.1 Å². The molecule has 0 bridgehead atoms. The third kappa shape index (κ3) is 14.1. The van der Waals surface area contributed by atoms with Crippen LogP contribution in [0.3, 0.4) is 0 Å². The molecule has 0 fully saturated rings. The van der Waals surface area contributed by atoms with E-state index >= 15 is 0 Å². The van der Waals surface area contributed by atoms with Crippen molar-refractivity contribution in [2.45, 2.75) is 41.5 Å². The fourth-order valence-corrected chi connectivity index (χ4v) is 9.19. The van der Waals surface area contributed by atoms with Gasteiger partial charge in [0.15, 0.2) is 23.0 Å². The van der Waals surface area contributed by atoms with E-state index in [9.17, 15) is 0 Å². The highest BCUT2D eigenvalue weighted by atomic mass is 28.4. The van der Waals surface area contributed by atoms with Crippen LogP contribution in [0.1, 0.15) is 52.7 Å². The Morgan fingerprint density at radius 2 is 0.740 bits per heavy atom. The van der Waals surface area contributed by atoms with E-state index in [4.69, 9.17) is 55.0 Å². The number of rotatable bonds is 16. The summed E-state index contributed by atoms with van der Waals surface area (Å²) in [5, 5.41) is 0. The van der Waals surface area contributed by atoms with Crippen LogP contribution in [0.4, 0.5) is 0 Å². The predicted octanol–water partition coefficient (Wildman–Crippen LogP) is 6.15. The smallest absolute Gasteiger partial charge is 0.487 e. The molecule has 0 aliphatic carbocycles. The summed E-state index contributed by atoms with van der Waals surface area (Å²) >= 11 is 0. The molecule has 50 heavy (non-hydrogen) atoms. The van der Waals surface area contributed by atoms with Gasteiger partial charge in [0.1, 0.15) is 26.4 Å². The van der Waals surface area contributed by atoms with Crippen molar-refractivity contribution in [3.05, 3.63) is 58.9 Å². The van der Waals surface area contributed by atoms with Crippen molar-refractivity contribution < 1.29 is 55.0 Å². The largest absolute Gasteiger partial charge is 0.529 e. The van der Waals surface area contributed by atoms with E-state index in [0.29, 0.717) is 115 Å². The topological polar surface area (TPSA) is 111 Å². The average molecular weight is 737 g/mol. The van der Waals surface area contributed by atoms with Gasteiger partial charge in [-0.15, -0.1) is 0 Å². The quantitative estimate of drug-likeness (QED) is 0.185. The maximum absolute atomic E-state index is 6.12. The zero-order valence-electron chi connectivity index (χ0n) is 30.6. The first-order valence-electron chi connectivity index (χ1n) is 17.6. The first kappa shape index (κ1) is 41.7. The first-order valence-corrected chi connectivity index (χ1v) is 21.2. The highest BCUT2D eigenvalue weighted by Gasteiger charge is 2.38. The third-order valence-corrected chi connectivity index (χ3v) is 12.2. The van der Waals surface area contributed by atoms with Crippen LogP contribution in [0.25, 0.3) is 12.2 Å². The summed E-state index contributed by atoms with van der Waals surface area (Å²) in [6.45, 7) is 17.3. The summed E-state index contributed by atoms with van der Waals surface area (Å²) < 4.78 is 71.7. The van der Waals surface area contributed by atoms with E-state index in [1.807, 2.05) is 101 Å².